The van der Waals surface area contributed by atoms with Crippen LogP contribution in [0.3, 0.4) is 0 Å². The summed E-state index contributed by atoms with van der Waals surface area (Å²) in [5.41, 5.74) is 3.58. The van der Waals surface area contributed by atoms with Gasteiger partial charge < -0.3 is 5.32 Å². The Morgan fingerprint density at radius 1 is 1.00 bits per heavy atom. The van der Waals surface area contributed by atoms with Crippen LogP contribution in [0.5, 0.6) is 0 Å². The zero-order valence-corrected chi connectivity index (χ0v) is 17.0. The summed E-state index contributed by atoms with van der Waals surface area (Å²) in [7, 11) is 0. The summed E-state index contributed by atoms with van der Waals surface area (Å²) in [6, 6.07) is 13.6. The minimum atomic E-state index is -0.950. The molecule has 2 heterocycles. The Balaban J connectivity index is 1.53. The Kier molecular flexibility index (Phi) is 4.76. The smallest absolute Gasteiger partial charge is 0.262 e. The number of hydrogen-bond acceptors (Lipinski definition) is 5. The number of amides is 3. The van der Waals surface area contributed by atoms with E-state index < -0.39 is 23.8 Å². The number of carbonyl (C=O) groups is 3. The standard InChI is InChI=1S/C22H19N3O3S/c1-12-8-10-15(11-9-12)18-14(3)29-22(23-18)24-19(26)13(2)25-20(27)16-6-4-5-7-17(16)21(25)28/h4-11,13H,1-3H3,(H,23,24,26)/t13-/m0/s1. The van der Waals surface area contributed by atoms with Gasteiger partial charge in [-0.05, 0) is 32.9 Å². The minimum absolute atomic E-state index is 0.323. The van der Waals surface area contributed by atoms with E-state index in [0.29, 0.717) is 16.3 Å². The molecule has 0 spiro atoms. The van der Waals surface area contributed by atoms with Crippen molar-refractivity contribution in [2.45, 2.75) is 26.8 Å². The Hall–Kier alpha value is -3.32. The first kappa shape index (κ1) is 19.0. The fourth-order valence-corrected chi connectivity index (χ4v) is 4.15. The lowest BCUT2D eigenvalue weighted by Gasteiger charge is -2.21. The van der Waals surface area contributed by atoms with Gasteiger partial charge in [-0.15, -0.1) is 11.3 Å². The predicted molar refractivity (Wildman–Crippen MR) is 112 cm³/mol. The van der Waals surface area contributed by atoms with Crippen molar-refractivity contribution in [2.24, 2.45) is 0 Å². The van der Waals surface area contributed by atoms with Crippen LogP contribution in [0, 0.1) is 13.8 Å². The van der Waals surface area contributed by atoms with Gasteiger partial charge in [0, 0.05) is 10.4 Å². The zero-order chi connectivity index (χ0) is 20.7. The molecule has 7 heteroatoms. The van der Waals surface area contributed by atoms with Gasteiger partial charge in [-0.1, -0.05) is 42.0 Å². The molecular formula is C22H19N3O3S. The SMILES string of the molecule is Cc1ccc(-c2nc(NC(=O)[C@H](C)N3C(=O)c4ccccc4C3=O)sc2C)cc1. The highest BCUT2D eigenvalue weighted by molar-refractivity contribution is 7.16. The van der Waals surface area contributed by atoms with Crippen LogP contribution in [-0.4, -0.2) is 33.6 Å². The third-order valence-electron chi connectivity index (χ3n) is 4.94. The molecule has 1 N–H and O–H groups in total. The maximum atomic E-state index is 12.8. The monoisotopic (exact) mass is 405 g/mol. The fourth-order valence-electron chi connectivity index (χ4n) is 3.32. The lowest BCUT2D eigenvalue weighted by Crippen LogP contribution is -2.45. The van der Waals surface area contributed by atoms with Gasteiger partial charge in [-0.3, -0.25) is 19.3 Å². The van der Waals surface area contributed by atoms with Crippen molar-refractivity contribution >= 4 is 34.2 Å². The van der Waals surface area contributed by atoms with Gasteiger partial charge in [-0.25, -0.2) is 4.98 Å². The van der Waals surface area contributed by atoms with E-state index >= 15 is 0 Å². The first-order chi connectivity index (χ1) is 13.9. The number of fused-ring (bicyclic) bond motifs is 1. The van der Waals surface area contributed by atoms with Crippen molar-refractivity contribution in [3.8, 4) is 11.3 Å². The molecule has 0 bridgehead atoms. The van der Waals surface area contributed by atoms with Gasteiger partial charge in [0.1, 0.15) is 6.04 Å². The number of nitrogens with zero attached hydrogens (tertiary/aromatic N) is 2. The topological polar surface area (TPSA) is 79.4 Å². The molecule has 3 aromatic rings. The Labute approximate surface area is 172 Å². The van der Waals surface area contributed by atoms with Crippen LogP contribution in [0.4, 0.5) is 5.13 Å². The van der Waals surface area contributed by atoms with Crippen LogP contribution in [0.2, 0.25) is 0 Å². The second-order valence-corrected chi connectivity index (χ2v) is 8.18. The Morgan fingerprint density at radius 3 is 2.17 bits per heavy atom. The minimum Gasteiger partial charge on any atom is -0.300 e. The first-order valence-electron chi connectivity index (χ1n) is 9.19. The van der Waals surface area contributed by atoms with Crippen LogP contribution >= 0.6 is 11.3 Å². The molecule has 0 saturated heterocycles. The number of benzene rings is 2. The molecule has 1 aromatic heterocycles. The highest BCUT2D eigenvalue weighted by atomic mass is 32.1. The molecule has 1 atom stereocenters. The number of carbonyl (C=O) groups excluding carboxylic acids is 3. The Bertz CT molecular complexity index is 1100. The number of aromatic nitrogens is 1. The molecule has 3 amide bonds. The van der Waals surface area contributed by atoms with Crippen molar-refractivity contribution < 1.29 is 14.4 Å². The quantitative estimate of drug-likeness (QED) is 0.664. The number of rotatable bonds is 4. The molecule has 1 aliphatic rings. The van der Waals surface area contributed by atoms with E-state index in [9.17, 15) is 14.4 Å². The second kappa shape index (κ2) is 7.25. The highest BCUT2D eigenvalue weighted by Gasteiger charge is 2.40. The van der Waals surface area contributed by atoms with Crippen LogP contribution in [0.1, 0.15) is 38.1 Å². The van der Waals surface area contributed by atoms with Gasteiger partial charge in [0.2, 0.25) is 5.91 Å². The summed E-state index contributed by atoms with van der Waals surface area (Å²) in [4.78, 5) is 44.4. The van der Waals surface area contributed by atoms with Gasteiger partial charge in [0.15, 0.2) is 5.13 Å². The average molecular weight is 405 g/mol. The lowest BCUT2D eigenvalue weighted by molar-refractivity contribution is -0.119. The number of imide groups is 1. The van der Waals surface area contributed by atoms with E-state index in [2.05, 4.69) is 10.3 Å². The number of thiazole rings is 1. The van der Waals surface area contributed by atoms with Gasteiger partial charge in [0.25, 0.3) is 11.8 Å². The number of nitrogens with one attached hydrogen (secondary N) is 1. The summed E-state index contributed by atoms with van der Waals surface area (Å²) in [5, 5.41) is 3.19. The summed E-state index contributed by atoms with van der Waals surface area (Å²) in [5.74, 6) is -1.36. The second-order valence-electron chi connectivity index (χ2n) is 6.98. The van der Waals surface area contributed by atoms with E-state index in [4.69, 9.17) is 0 Å². The van der Waals surface area contributed by atoms with E-state index in [0.717, 1.165) is 26.6 Å². The molecule has 0 fully saturated rings. The highest BCUT2D eigenvalue weighted by Crippen LogP contribution is 2.31. The van der Waals surface area contributed by atoms with Gasteiger partial charge >= 0.3 is 0 Å². The number of anilines is 1. The lowest BCUT2D eigenvalue weighted by atomic mass is 10.1. The normalized spacial score (nSPS) is 14.1. The third-order valence-corrected chi connectivity index (χ3v) is 5.83. The molecule has 1 aliphatic heterocycles. The third kappa shape index (κ3) is 3.34. The van der Waals surface area contributed by atoms with Gasteiger partial charge in [-0.2, -0.15) is 0 Å². The van der Waals surface area contributed by atoms with Crippen molar-refractivity contribution in [2.75, 3.05) is 5.32 Å². The van der Waals surface area contributed by atoms with Crippen LogP contribution < -0.4 is 5.32 Å². The molecule has 29 heavy (non-hydrogen) atoms. The van der Waals surface area contributed by atoms with Crippen LogP contribution in [0.25, 0.3) is 11.3 Å². The first-order valence-corrected chi connectivity index (χ1v) is 10.0. The average Bonchev–Trinajstić information content (AvgIpc) is 3.19. The van der Waals surface area contributed by atoms with E-state index in [1.165, 1.54) is 11.3 Å². The summed E-state index contributed by atoms with van der Waals surface area (Å²) in [6.45, 7) is 5.50. The molecule has 0 unspecified atom stereocenters. The maximum Gasteiger partial charge on any atom is 0.262 e. The molecule has 0 radical (unpaired) electrons. The summed E-state index contributed by atoms with van der Waals surface area (Å²) in [6.07, 6.45) is 0. The molecule has 4 rings (SSSR count). The van der Waals surface area contributed by atoms with E-state index in [1.807, 2.05) is 38.1 Å². The number of aryl methyl sites for hydroxylation is 2. The molecule has 6 nitrogen and oxygen atoms in total. The Morgan fingerprint density at radius 2 is 1.59 bits per heavy atom. The van der Waals surface area contributed by atoms with Crippen molar-refractivity contribution in [3.05, 3.63) is 70.1 Å². The van der Waals surface area contributed by atoms with Crippen LogP contribution in [0.15, 0.2) is 48.5 Å². The predicted octanol–water partition coefficient (Wildman–Crippen LogP) is 4.05. The molecule has 0 aliphatic carbocycles. The summed E-state index contributed by atoms with van der Waals surface area (Å²) < 4.78 is 0. The largest absolute Gasteiger partial charge is 0.300 e. The molecule has 0 saturated carbocycles. The van der Waals surface area contributed by atoms with E-state index in [-0.39, 0.29) is 0 Å². The van der Waals surface area contributed by atoms with E-state index in [1.54, 1.807) is 31.2 Å². The van der Waals surface area contributed by atoms with Crippen molar-refractivity contribution in [1.82, 2.24) is 9.88 Å². The molecule has 2 aromatic carbocycles. The fraction of sp³-hybridized carbons (Fsp3) is 0.182. The zero-order valence-electron chi connectivity index (χ0n) is 16.2. The summed E-state index contributed by atoms with van der Waals surface area (Å²) >= 11 is 1.36. The van der Waals surface area contributed by atoms with Crippen molar-refractivity contribution in [1.29, 1.82) is 0 Å². The van der Waals surface area contributed by atoms with Gasteiger partial charge in [0.05, 0.1) is 16.8 Å². The molecular weight excluding hydrogens is 386 g/mol. The van der Waals surface area contributed by atoms with Crippen LogP contribution in [-0.2, 0) is 4.79 Å². The van der Waals surface area contributed by atoms with Crippen molar-refractivity contribution in [3.63, 3.8) is 0 Å². The molecule has 146 valence electrons. The maximum absolute atomic E-state index is 12.8. The number of hydrogen-bond donors (Lipinski definition) is 1.